The predicted octanol–water partition coefficient (Wildman–Crippen LogP) is 3.77. The largest absolute Gasteiger partial charge is 0.325 e. The van der Waals surface area contributed by atoms with E-state index in [4.69, 9.17) is 0 Å². The number of aryl methyl sites for hydroxylation is 2. The van der Waals surface area contributed by atoms with Gasteiger partial charge >= 0.3 is 0 Å². The molecule has 21 heavy (non-hydrogen) atoms. The number of anilines is 1. The van der Waals surface area contributed by atoms with E-state index in [-0.39, 0.29) is 11.7 Å². The molecule has 2 aromatic rings. The standard InChI is InChI=1S/C18H19NO2/c1-13-6-5-7-15(12-13)10-11-18(21)19-17-9-4-3-8-16(17)14(2)20/h3-9,12H,10-11H2,1-2H3,(H,19,21). The molecule has 1 amide bonds. The second-order valence-corrected chi connectivity index (χ2v) is 5.14. The monoisotopic (exact) mass is 281 g/mol. The van der Waals surface area contributed by atoms with Gasteiger partial charge in [-0.25, -0.2) is 0 Å². The van der Waals surface area contributed by atoms with Crippen LogP contribution in [0, 0.1) is 6.92 Å². The number of Topliss-reactive ketones (excluding diaryl/α,β-unsaturated/α-hetero) is 1. The molecule has 0 unspecified atom stereocenters. The molecule has 0 aromatic heterocycles. The molecular weight excluding hydrogens is 262 g/mol. The normalized spacial score (nSPS) is 10.2. The Morgan fingerprint density at radius 3 is 2.52 bits per heavy atom. The van der Waals surface area contributed by atoms with Crippen LogP contribution in [0.5, 0.6) is 0 Å². The Morgan fingerprint density at radius 2 is 1.81 bits per heavy atom. The summed E-state index contributed by atoms with van der Waals surface area (Å²) in [7, 11) is 0. The first-order chi connectivity index (χ1) is 10.1. The van der Waals surface area contributed by atoms with Crippen LogP contribution in [0.15, 0.2) is 48.5 Å². The van der Waals surface area contributed by atoms with Gasteiger partial charge in [0.05, 0.1) is 5.69 Å². The molecule has 2 aromatic carbocycles. The predicted molar refractivity (Wildman–Crippen MR) is 84.6 cm³/mol. The van der Waals surface area contributed by atoms with Crippen LogP contribution in [-0.2, 0) is 11.2 Å². The van der Waals surface area contributed by atoms with Gasteiger partial charge in [0, 0.05) is 12.0 Å². The zero-order chi connectivity index (χ0) is 15.2. The Balaban J connectivity index is 1.98. The minimum Gasteiger partial charge on any atom is -0.325 e. The summed E-state index contributed by atoms with van der Waals surface area (Å²) in [6.45, 7) is 3.53. The molecule has 0 fully saturated rings. The summed E-state index contributed by atoms with van der Waals surface area (Å²) in [5.41, 5.74) is 3.46. The number of nitrogens with one attached hydrogen (secondary N) is 1. The smallest absolute Gasteiger partial charge is 0.224 e. The molecular formula is C18H19NO2. The number of rotatable bonds is 5. The Morgan fingerprint density at radius 1 is 1.05 bits per heavy atom. The highest BCUT2D eigenvalue weighted by atomic mass is 16.1. The van der Waals surface area contributed by atoms with E-state index in [1.54, 1.807) is 18.2 Å². The molecule has 108 valence electrons. The Bertz CT molecular complexity index is 662. The molecule has 0 aliphatic heterocycles. The number of ketones is 1. The van der Waals surface area contributed by atoms with Crippen molar-refractivity contribution in [3.8, 4) is 0 Å². The summed E-state index contributed by atoms with van der Waals surface area (Å²) in [4.78, 5) is 23.5. The van der Waals surface area contributed by atoms with Crippen molar-refractivity contribution in [2.45, 2.75) is 26.7 Å². The third-order valence-corrected chi connectivity index (χ3v) is 3.30. The molecule has 0 saturated heterocycles. The van der Waals surface area contributed by atoms with Crippen molar-refractivity contribution >= 4 is 17.4 Å². The Hall–Kier alpha value is -2.42. The SMILES string of the molecule is CC(=O)c1ccccc1NC(=O)CCc1cccc(C)c1. The van der Waals surface area contributed by atoms with Gasteiger partial charge in [0.1, 0.15) is 0 Å². The van der Waals surface area contributed by atoms with Crippen LogP contribution in [0.1, 0.15) is 34.8 Å². The first-order valence-corrected chi connectivity index (χ1v) is 7.01. The first-order valence-electron chi connectivity index (χ1n) is 7.01. The average Bonchev–Trinajstić information content (AvgIpc) is 2.45. The lowest BCUT2D eigenvalue weighted by molar-refractivity contribution is -0.116. The molecule has 3 heteroatoms. The van der Waals surface area contributed by atoms with Crippen LogP contribution >= 0.6 is 0 Å². The van der Waals surface area contributed by atoms with Crippen LogP contribution in [0.3, 0.4) is 0 Å². The molecule has 0 atom stereocenters. The van der Waals surface area contributed by atoms with Crippen LogP contribution in [0.4, 0.5) is 5.69 Å². The lowest BCUT2D eigenvalue weighted by Gasteiger charge is -2.09. The number of hydrogen-bond donors (Lipinski definition) is 1. The van der Waals surface area contributed by atoms with Gasteiger partial charge in [-0.1, -0.05) is 42.0 Å². The van der Waals surface area contributed by atoms with E-state index in [9.17, 15) is 9.59 Å². The summed E-state index contributed by atoms with van der Waals surface area (Å²) in [5.74, 6) is -0.130. The van der Waals surface area contributed by atoms with Crippen molar-refractivity contribution in [3.63, 3.8) is 0 Å². The van der Waals surface area contributed by atoms with Crippen molar-refractivity contribution < 1.29 is 9.59 Å². The number of benzene rings is 2. The van der Waals surface area contributed by atoms with Crippen molar-refractivity contribution in [3.05, 3.63) is 65.2 Å². The average molecular weight is 281 g/mol. The molecule has 0 aliphatic rings. The molecule has 2 rings (SSSR count). The summed E-state index contributed by atoms with van der Waals surface area (Å²) in [6, 6.07) is 15.2. The molecule has 1 N–H and O–H groups in total. The molecule has 0 saturated carbocycles. The fraction of sp³-hybridized carbons (Fsp3) is 0.222. The third-order valence-electron chi connectivity index (χ3n) is 3.30. The highest BCUT2D eigenvalue weighted by molar-refractivity contribution is 6.03. The quantitative estimate of drug-likeness (QED) is 0.848. The van der Waals surface area contributed by atoms with Crippen LogP contribution in [0.2, 0.25) is 0 Å². The molecule has 0 heterocycles. The minimum absolute atomic E-state index is 0.0513. The van der Waals surface area contributed by atoms with Gasteiger partial charge in [-0.05, 0) is 38.0 Å². The maximum Gasteiger partial charge on any atom is 0.224 e. The fourth-order valence-corrected chi connectivity index (χ4v) is 2.24. The second kappa shape index (κ2) is 6.84. The topological polar surface area (TPSA) is 46.2 Å². The summed E-state index contributed by atoms with van der Waals surface area (Å²) in [5, 5.41) is 2.82. The van der Waals surface area contributed by atoms with Crippen LogP contribution in [0.25, 0.3) is 0 Å². The number of para-hydroxylation sites is 1. The second-order valence-electron chi connectivity index (χ2n) is 5.14. The molecule has 0 radical (unpaired) electrons. The van der Waals surface area contributed by atoms with E-state index in [0.717, 1.165) is 5.56 Å². The number of hydrogen-bond acceptors (Lipinski definition) is 2. The summed E-state index contributed by atoms with van der Waals surface area (Å²) >= 11 is 0. The van der Waals surface area contributed by atoms with Gasteiger partial charge < -0.3 is 5.32 Å². The zero-order valence-electron chi connectivity index (χ0n) is 12.3. The van der Waals surface area contributed by atoms with E-state index < -0.39 is 0 Å². The van der Waals surface area contributed by atoms with Crippen LogP contribution < -0.4 is 5.32 Å². The third kappa shape index (κ3) is 4.28. The Labute approximate surface area is 125 Å². The zero-order valence-corrected chi connectivity index (χ0v) is 12.3. The van der Waals surface area contributed by atoms with Crippen molar-refractivity contribution in [1.82, 2.24) is 0 Å². The number of carbonyl (C=O) groups excluding carboxylic acids is 2. The van der Waals surface area contributed by atoms with E-state index in [0.29, 0.717) is 24.1 Å². The van der Waals surface area contributed by atoms with Crippen molar-refractivity contribution in [2.75, 3.05) is 5.32 Å². The highest BCUT2D eigenvalue weighted by Gasteiger charge is 2.09. The molecule has 0 aliphatic carbocycles. The van der Waals surface area contributed by atoms with Crippen LogP contribution in [-0.4, -0.2) is 11.7 Å². The lowest BCUT2D eigenvalue weighted by atomic mass is 10.1. The van der Waals surface area contributed by atoms with E-state index in [1.165, 1.54) is 12.5 Å². The Kier molecular flexibility index (Phi) is 4.88. The van der Waals surface area contributed by atoms with Gasteiger partial charge in [-0.3, -0.25) is 9.59 Å². The van der Waals surface area contributed by atoms with Crippen molar-refractivity contribution in [1.29, 1.82) is 0 Å². The molecule has 0 bridgehead atoms. The van der Waals surface area contributed by atoms with Gasteiger partial charge in [0.15, 0.2) is 5.78 Å². The van der Waals surface area contributed by atoms with E-state index >= 15 is 0 Å². The lowest BCUT2D eigenvalue weighted by Crippen LogP contribution is -2.14. The van der Waals surface area contributed by atoms with Gasteiger partial charge in [-0.15, -0.1) is 0 Å². The molecule has 3 nitrogen and oxygen atoms in total. The minimum atomic E-state index is -0.0785. The summed E-state index contributed by atoms with van der Waals surface area (Å²) < 4.78 is 0. The molecule has 0 spiro atoms. The highest BCUT2D eigenvalue weighted by Crippen LogP contribution is 2.16. The first kappa shape index (κ1) is 15.0. The van der Waals surface area contributed by atoms with Gasteiger partial charge in [0.2, 0.25) is 5.91 Å². The van der Waals surface area contributed by atoms with Gasteiger partial charge in [0.25, 0.3) is 0 Å². The van der Waals surface area contributed by atoms with Crippen molar-refractivity contribution in [2.24, 2.45) is 0 Å². The maximum atomic E-state index is 12.0. The number of amides is 1. The maximum absolute atomic E-state index is 12.0. The van der Waals surface area contributed by atoms with E-state index in [2.05, 4.69) is 11.4 Å². The fourth-order valence-electron chi connectivity index (χ4n) is 2.24. The summed E-state index contributed by atoms with van der Waals surface area (Å²) in [6.07, 6.45) is 1.09. The van der Waals surface area contributed by atoms with Gasteiger partial charge in [-0.2, -0.15) is 0 Å². The van der Waals surface area contributed by atoms with E-state index in [1.807, 2.05) is 31.2 Å². The number of carbonyl (C=O) groups is 2.